The Kier molecular flexibility index (Phi) is 3.62. The normalized spacial score (nSPS) is 11.0. The van der Waals surface area contributed by atoms with E-state index in [1.165, 1.54) is 0 Å². The predicted octanol–water partition coefficient (Wildman–Crippen LogP) is 2.58. The predicted molar refractivity (Wildman–Crippen MR) is 74.8 cm³/mol. The van der Waals surface area contributed by atoms with Gasteiger partial charge in [-0.15, -0.1) is 0 Å². The first kappa shape index (κ1) is 13.6. The van der Waals surface area contributed by atoms with Crippen LogP contribution < -0.4 is 4.74 Å². The molecule has 19 heavy (non-hydrogen) atoms. The molecule has 0 unspecified atom stereocenters. The van der Waals surface area contributed by atoms with Crippen molar-refractivity contribution in [3.05, 3.63) is 29.0 Å². The Labute approximate surface area is 112 Å². The van der Waals surface area contributed by atoms with E-state index >= 15 is 0 Å². The maximum absolute atomic E-state index is 11.9. The molecule has 1 N–H and O–H groups in total. The first-order valence-corrected chi connectivity index (χ1v) is 6.35. The highest BCUT2D eigenvalue weighted by Gasteiger charge is 2.17. The quantitative estimate of drug-likeness (QED) is 0.861. The van der Waals surface area contributed by atoms with Crippen molar-refractivity contribution in [3.8, 4) is 5.75 Å². The second-order valence-corrected chi connectivity index (χ2v) is 4.64. The maximum Gasteiger partial charge on any atom is 0.178 e. The first-order chi connectivity index (χ1) is 9.04. The molecule has 0 amide bonds. The van der Waals surface area contributed by atoms with E-state index in [0.717, 1.165) is 22.0 Å². The van der Waals surface area contributed by atoms with Gasteiger partial charge in [0.05, 0.1) is 24.9 Å². The second kappa shape index (κ2) is 5.05. The van der Waals surface area contributed by atoms with Crippen LogP contribution in [0.2, 0.25) is 0 Å². The van der Waals surface area contributed by atoms with Crippen LogP contribution in [0.1, 0.15) is 35.0 Å². The Hall–Kier alpha value is -1.81. The molecule has 4 heteroatoms. The summed E-state index contributed by atoms with van der Waals surface area (Å²) < 4.78 is 7.20. The molecule has 0 aliphatic carbocycles. The number of fused-ring (bicyclic) bond motifs is 1. The molecule has 0 spiro atoms. The van der Waals surface area contributed by atoms with Gasteiger partial charge >= 0.3 is 0 Å². The lowest BCUT2D eigenvalue weighted by Crippen LogP contribution is -2.04. The molecule has 2 rings (SSSR count). The van der Waals surface area contributed by atoms with Gasteiger partial charge in [0.25, 0.3) is 0 Å². The molecule has 1 heterocycles. The number of benzene rings is 1. The van der Waals surface area contributed by atoms with Crippen molar-refractivity contribution in [2.75, 3.05) is 7.11 Å². The lowest BCUT2D eigenvalue weighted by molar-refractivity contribution is 0.0981. The van der Waals surface area contributed by atoms with E-state index in [4.69, 9.17) is 4.74 Å². The van der Waals surface area contributed by atoms with Gasteiger partial charge in [-0.25, -0.2) is 0 Å². The van der Waals surface area contributed by atoms with E-state index in [1.54, 1.807) is 7.11 Å². The van der Waals surface area contributed by atoms with Crippen LogP contribution in [0.4, 0.5) is 0 Å². The minimum atomic E-state index is -0.0725. The molecule has 0 saturated heterocycles. The lowest BCUT2D eigenvalue weighted by atomic mass is 10.0. The summed E-state index contributed by atoms with van der Waals surface area (Å²) in [6.07, 6.45) is 0.479. The van der Waals surface area contributed by atoms with Crippen LogP contribution in [0.25, 0.3) is 10.9 Å². The van der Waals surface area contributed by atoms with E-state index in [9.17, 15) is 9.90 Å². The number of rotatable bonds is 4. The van der Waals surface area contributed by atoms with Gasteiger partial charge in [-0.2, -0.15) is 0 Å². The summed E-state index contributed by atoms with van der Waals surface area (Å²) in [6, 6.07) is 3.77. The number of ketones is 1. The van der Waals surface area contributed by atoms with Gasteiger partial charge in [-0.05, 0) is 18.6 Å². The van der Waals surface area contributed by atoms with Gasteiger partial charge in [0.1, 0.15) is 5.75 Å². The third-order valence-electron chi connectivity index (χ3n) is 3.69. The van der Waals surface area contributed by atoms with Gasteiger partial charge < -0.3 is 14.4 Å². The van der Waals surface area contributed by atoms with Gasteiger partial charge in [0.15, 0.2) is 5.78 Å². The van der Waals surface area contributed by atoms with Crippen LogP contribution in [-0.4, -0.2) is 22.6 Å². The van der Waals surface area contributed by atoms with Crippen LogP contribution in [-0.2, 0) is 13.7 Å². The molecule has 0 fully saturated rings. The molecule has 0 saturated carbocycles. The number of hydrogen-bond acceptors (Lipinski definition) is 3. The SMILES string of the molecule is CCC(=O)c1cc2c(C)c(CO)c(OC)cc2n1C. The maximum atomic E-state index is 11.9. The Morgan fingerprint density at radius 3 is 2.63 bits per heavy atom. The highest BCUT2D eigenvalue weighted by atomic mass is 16.5. The molecule has 0 radical (unpaired) electrons. The molecular formula is C15H19NO3. The number of aromatic nitrogens is 1. The number of aliphatic hydroxyl groups is 1. The molecule has 4 nitrogen and oxygen atoms in total. The molecule has 0 bridgehead atoms. The number of carbonyl (C=O) groups excluding carboxylic acids is 1. The zero-order valence-corrected chi connectivity index (χ0v) is 11.8. The first-order valence-electron chi connectivity index (χ1n) is 6.35. The Balaban J connectivity index is 2.80. The summed E-state index contributed by atoms with van der Waals surface area (Å²) in [5.74, 6) is 0.770. The lowest BCUT2D eigenvalue weighted by Gasteiger charge is -2.11. The van der Waals surface area contributed by atoms with Gasteiger partial charge in [0, 0.05) is 30.5 Å². The second-order valence-electron chi connectivity index (χ2n) is 4.64. The Morgan fingerprint density at radius 1 is 1.42 bits per heavy atom. The molecule has 2 aromatic rings. The number of methoxy groups -OCH3 is 1. The Morgan fingerprint density at radius 2 is 2.11 bits per heavy atom. The zero-order valence-electron chi connectivity index (χ0n) is 11.8. The number of Topliss-reactive ketones (excluding diaryl/α,β-unsaturated/α-hetero) is 1. The molecular weight excluding hydrogens is 242 g/mol. The van der Waals surface area contributed by atoms with Crippen molar-refractivity contribution in [1.29, 1.82) is 0 Å². The summed E-state index contributed by atoms with van der Waals surface area (Å²) >= 11 is 0. The van der Waals surface area contributed by atoms with Crippen molar-refractivity contribution >= 4 is 16.7 Å². The highest BCUT2D eigenvalue weighted by Crippen LogP contribution is 2.32. The van der Waals surface area contributed by atoms with E-state index in [2.05, 4.69) is 0 Å². The van der Waals surface area contributed by atoms with E-state index in [-0.39, 0.29) is 12.4 Å². The topological polar surface area (TPSA) is 51.5 Å². The summed E-state index contributed by atoms with van der Waals surface area (Å²) in [5, 5.41) is 10.5. The van der Waals surface area contributed by atoms with Gasteiger partial charge in [-0.3, -0.25) is 4.79 Å². The van der Waals surface area contributed by atoms with Gasteiger partial charge in [-0.1, -0.05) is 6.92 Å². The number of aryl methyl sites for hydroxylation is 2. The summed E-state index contributed by atoms with van der Waals surface area (Å²) in [5.41, 5.74) is 3.37. The third kappa shape index (κ3) is 2.02. The summed E-state index contributed by atoms with van der Waals surface area (Å²) in [4.78, 5) is 11.9. The molecule has 0 aliphatic heterocycles. The summed E-state index contributed by atoms with van der Waals surface area (Å²) in [6.45, 7) is 3.72. The van der Waals surface area contributed by atoms with Crippen molar-refractivity contribution in [2.45, 2.75) is 26.9 Å². The number of aliphatic hydroxyl groups excluding tert-OH is 1. The smallest absolute Gasteiger partial charge is 0.178 e. The van der Waals surface area contributed by atoms with Crippen LogP contribution >= 0.6 is 0 Å². The van der Waals surface area contributed by atoms with E-state index in [0.29, 0.717) is 17.9 Å². The average molecular weight is 261 g/mol. The fourth-order valence-electron chi connectivity index (χ4n) is 2.48. The van der Waals surface area contributed by atoms with Crippen molar-refractivity contribution in [3.63, 3.8) is 0 Å². The fraction of sp³-hybridized carbons (Fsp3) is 0.400. The molecule has 1 aromatic carbocycles. The standard InChI is InChI=1S/C15H19NO3/c1-5-14(18)13-6-10-9(2)11(8-17)15(19-4)7-12(10)16(13)3/h6-7,17H,5,8H2,1-4H3. The van der Waals surface area contributed by atoms with Crippen LogP contribution in [0.5, 0.6) is 5.75 Å². The zero-order chi connectivity index (χ0) is 14.2. The number of ether oxygens (including phenoxy) is 1. The van der Waals surface area contributed by atoms with Crippen LogP contribution in [0.3, 0.4) is 0 Å². The number of hydrogen-bond donors (Lipinski definition) is 1. The van der Waals surface area contributed by atoms with Crippen molar-refractivity contribution < 1.29 is 14.6 Å². The minimum absolute atomic E-state index is 0.0725. The fourth-order valence-corrected chi connectivity index (χ4v) is 2.48. The number of nitrogens with zero attached hydrogens (tertiary/aromatic N) is 1. The van der Waals surface area contributed by atoms with Crippen LogP contribution in [0.15, 0.2) is 12.1 Å². The van der Waals surface area contributed by atoms with Crippen molar-refractivity contribution in [2.24, 2.45) is 7.05 Å². The Bertz CT molecular complexity index is 641. The molecule has 0 aliphatic rings. The largest absolute Gasteiger partial charge is 0.496 e. The third-order valence-corrected chi connectivity index (χ3v) is 3.69. The van der Waals surface area contributed by atoms with E-state index < -0.39 is 0 Å². The minimum Gasteiger partial charge on any atom is -0.496 e. The van der Waals surface area contributed by atoms with Crippen LogP contribution in [0, 0.1) is 6.92 Å². The van der Waals surface area contributed by atoms with Crippen molar-refractivity contribution in [1.82, 2.24) is 4.57 Å². The monoisotopic (exact) mass is 261 g/mol. The molecule has 1 aromatic heterocycles. The molecule has 0 atom stereocenters. The summed E-state index contributed by atoms with van der Waals surface area (Å²) in [7, 11) is 3.46. The van der Waals surface area contributed by atoms with Gasteiger partial charge in [0.2, 0.25) is 0 Å². The molecule has 102 valence electrons. The average Bonchev–Trinajstić information content (AvgIpc) is 2.75. The number of carbonyl (C=O) groups is 1. The van der Waals surface area contributed by atoms with E-state index in [1.807, 2.05) is 37.6 Å². The highest BCUT2D eigenvalue weighted by molar-refractivity contribution is 6.01.